The number of likely N-dealkylation sites (tertiary alicyclic amines) is 1. The second-order valence-corrected chi connectivity index (χ2v) is 6.03. The predicted octanol–water partition coefficient (Wildman–Crippen LogP) is 2.27. The number of ether oxygens (including phenoxy) is 1. The highest BCUT2D eigenvalue weighted by molar-refractivity contribution is 5.74. The first-order valence-electron chi connectivity index (χ1n) is 7.54. The summed E-state index contributed by atoms with van der Waals surface area (Å²) in [5.74, 6) is -0.0923. The third kappa shape index (κ3) is 3.04. The van der Waals surface area contributed by atoms with Gasteiger partial charge in [0.2, 0.25) is 0 Å². The molecule has 3 rings (SSSR count). The zero-order chi connectivity index (χ0) is 15.8. The molecule has 22 heavy (non-hydrogen) atoms. The van der Waals surface area contributed by atoms with E-state index in [1.807, 2.05) is 0 Å². The lowest BCUT2D eigenvalue weighted by molar-refractivity contribution is -0.168. The van der Waals surface area contributed by atoms with Crippen LogP contribution in [0.15, 0.2) is 10.2 Å². The van der Waals surface area contributed by atoms with Gasteiger partial charge in [0.25, 0.3) is 5.66 Å². The molecule has 0 bridgehead atoms. The van der Waals surface area contributed by atoms with Gasteiger partial charge in [0.05, 0.1) is 13.2 Å². The van der Waals surface area contributed by atoms with Crippen molar-refractivity contribution in [1.82, 2.24) is 9.80 Å². The van der Waals surface area contributed by atoms with E-state index < -0.39 is 11.8 Å². The van der Waals surface area contributed by atoms with E-state index in [0.717, 1.165) is 0 Å². The number of urea groups is 1. The molecule has 0 aliphatic carbocycles. The van der Waals surface area contributed by atoms with Crippen LogP contribution in [0, 0.1) is 5.92 Å². The van der Waals surface area contributed by atoms with Crippen molar-refractivity contribution in [2.45, 2.75) is 31.1 Å². The van der Waals surface area contributed by atoms with Crippen molar-refractivity contribution in [2.24, 2.45) is 16.1 Å². The van der Waals surface area contributed by atoms with Crippen molar-refractivity contribution >= 4 is 6.03 Å². The molecular formula is C13H19F3N4O2. The van der Waals surface area contributed by atoms with Crippen molar-refractivity contribution in [2.75, 3.05) is 39.4 Å². The van der Waals surface area contributed by atoms with Crippen molar-refractivity contribution < 1.29 is 22.7 Å². The number of halogens is 3. The first kappa shape index (κ1) is 15.5. The Hall–Kier alpha value is -1.38. The molecule has 0 N–H and O–H groups in total. The summed E-state index contributed by atoms with van der Waals surface area (Å²) in [5, 5.41) is 6.45. The van der Waals surface area contributed by atoms with E-state index in [2.05, 4.69) is 10.2 Å². The highest BCUT2D eigenvalue weighted by Crippen LogP contribution is 2.49. The quantitative estimate of drug-likeness (QED) is 0.783. The van der Waals surface area contributed by atoms with Crippen molar-refractivity contribution in [3.05, 3.63) is 0 Å². The van der Waals surface area contributed by atoms with Gasteiger partial charge in [-0.2, -0.15) is 13.2 Å². The van der Waals surface area contributed by atoms with Crippen molar-refractivity contribution in [3.63, 3.8) is 0 Å². The summed E-state index contributed by atoms with van der Waals surface area (Å²) in [6, 6.07) is -0.0342. The molecule has 0 atom stereocenters. The summed E-state index contributed by atoms with van der Waals surface area (Å²) in [7, 11) is 0. The summed E-state index contributed by atoms with van der Waals surface area (Å²) in [6.07, 6.45) is -3.35. The Bertz CT molecular complexity index is 449. The summed E-state index contributed by atoms with van der Waals surface area (Å²) in [6.45, 7) is 3.23. The monoisotopic (exact) mass is 320 g/mol. The molecule has 0 radical (unpaired) electrons. The number of carbonyl (C=O) groups excluding carboxylic acids is 1. The molecule has 9 heteroatoms. The normalized spacial score (nSPS) is 25.4. The zero-order valence-electron chi connectivity index (χ0n) is 12.2. The fourth-order valence-corrected chi connectivity index (χ4v) is 3.06. The number of rotatable bonds is 2. The molecule has 3 aliphatic rings. The molecule has 0 unspecified atom stereocenters. The molecule has 6 nitrogen and oxygen atoms in total. The molecule has 0 spiro atoms. The van der Waals surface area contributed by atoms with Gasteiger partial charge in [-0.15, -0.1) is 10.2 Å². The van der Waals surface area contributed by atoms with Gasteiger partial charge in [0, 0.05) is 32.6 Å². The Kier molecular flexibility index (Phi) is 4.00. The molecule has 2 amide bonds. The van der Waals surface area contributed by atoms with Crippen LogP contribution in [0.5, 0.6) is 0 Å². The second kappa shape index (κ2) is 5.68. The van der Waals surface area contributed by atoms with Gasteiger partial charge in [-0.1, -0.05) is 0 Å². The van der Waals surface area contributed by atoms with Crippen LogP contribution in [0.25, 0.3) is 0 Å². The molecule has 2 saturated heterocycles. The fraction of sp³-hybridized carbons (Fsp3) is 0.923. The van der Waals surface area contributed by atoms with Crippen LogP contribution in [0.3, 0.4) is 0 Å². The highest BCUT2D eigenvalue weighted by Gasteiger charge is 2.64. The van der Waals surface area contributed by atoms with Crippen LogP contribution in [-0.4, -0.2) is 67.1 Å². The predicted molar refractivity (Wildman–Crippen MR) is 70.3 cm³/mol. The minimum Gasteiger partial charge on any atom is -0.378 e. The first-order chi connectivity index (χ1) is 10.4. The number of alkyl halides is 3. The largest absolute Gasteiger partial charge is 0.437 e. The smallest absolute Gasteiger partial charge is 0.378 e. The Labute approximate surface area is 126 Å². The van der Waals surface area contributed by atoms with E-state index in [9.17, 15) is 18.0 Å². The Morgan fingerprint density at radius 3 is 2.14 bits per heavy atom. The number of morpholine rings is 1. The number of hydrogen-bond acceptors (Lipinski definition) is 4. The summed E-state index contributed by atoms with van der Waals surface area (Å²) in [5.41, 5.74) is -2.16. The number of piperidine rings is 1. The van der Waals surface area contributed by atoms with Crippen LogP contribution >= 0.6 is 0 Å². The average molecular weight is 320 g/mol. The molecule has 0 aromatic carbocycles. The molecule has 124 valence electrons. The lowest BCUT2D eigenvalue weighted by atomic mass is 9.88. The molecule has 3 heterocycles. The Morgan fingerprint density at radius 2 is 1.64 bits per heavy atom. The van der Waals surface area contributed by atoms with Crippen LogP contribution in [0.1, 0.15) is 19.3 Å². The van der Waals surface area contributed by atoms with E-state index in [-0.39, 0.29) is 18.4 Å². The lowest BCUT2D eigenvalue weighted by Crippen LogP contribution is -2.50. The molecule has 0 aromatic heterocycles. The Balaban J connectivity index is 1.47. The fourth-order valence-electron chi connectivity index (χ4n) is 3.06. The molecule has 0 saturated carbocycles. The van der Waals surface area contributed by atoms with Gasteiger partial charge in [-0.05, 0) is 18.8 Å². The van der Waals surface area contributed by atoms with Gasteiger partial charge in [-0.25, -0.2) is 4.79 Å². The van der Waals surface area contributed by atoms with Crippen molar-refractivity contribution in [1.29, 1.82) is 0 Å². The van der Waals surface area contributed by atoms with Gasteiger partial charge in [0.15, 0.2) is 0 Å². The molecule has 3 aliphatic heterocycles. The SMILES string of the molecule is O=C(N1CCOCC1)N1CCC(CC2(C(F)(F)F)N=N2)CC1. The lowest BCUT2D eigenvalue weighted by Gasteiger charge is -2.37. The van der Waals surface area contributed by atoms with E-state index in [4.69, 9.17) is 4.74 Å². The number of amides is 2. The number of hydrogen-bond donors (Lipinski definition) is 0. The van der Waals surface area contributed by atoms with Crippen molar-refractivity contribution in [3.8, 4) is 0 Å². The van der Waals surface area contributed by atoms with E-state index >= 15 is 0 Å². The summed E-state index contributed by atoms with van der Waals surface area (Å²) in [4.78, 5) is 15.8. The summed E-state index contributed by atoms with van der Waals surface area (Å²) >= 11 is 0. The minimum atomic E-state index is -4.40. The third-order valence-electron chi connectivity index (χ3n) is 4.54. The zero-order valence-corrected chi connectivity index (χ0v) is 12.2. The first-order valence-corrected chi connectivity index (χ1v) is 7.54. The van der Waals surface area contributed by atoms with Crippen LogP contribution in [-0.2, 0) is 4.74 Å². The molecule has 2 fully saturated rings. The third-order valence-corrected chi connectivity index (χ3v) is 4.54. The van der Waals surface area contributed by atoms with E-state index in [1.54, 1.807) is 9.80 Å². The highest BCUT2D eigenvalue weighted by atomic mass is 19.4. The Morgan fingerprint density at radius 1 is 1.09 bits per heavy atom. The van der Waals surface area contributed by atoms with Crippen LogP contribution in [0.2, 0.25) is 0 Å². The molecule has 0 aromatic rings. The topological polar surface area (TPSA) is 57.5 Å². The minimum absolute atomic E-state index is 0.0342. The number of nitrogens with zero attached hydrogens (tertiary/aromatic N) is 4. The van der Waals surface area contributed by atoms with Crippen LogP contribution < -0.4 is 0 Å². The molecular weight excluding hydrogens is 301 g/mol. The number of carbonyl (C=O) groups is 1. The van der Waals surface area contributed by atoms with E-state index in [1.165, 1.54) is 0 Å². The summed E-state index contributed by atoms with van der Waals surface area (Å²) < 4.78 is 43.7. The van der Waals surface area contributed by atoms with Gasteiger partial charge in [0.1, 0.15) is 0 Å². The van der Waals surface area contributed by atoms with Gasteiger partial charge < -0.3 is 14.5 Å². The average Bonchev–Trinajstić information content (AvgIpc) is 3.29. The maximum absolute atomic E-state index is 12.8. The maximum Gasteiger partial charge on any atom is 0.437 e. The van der Waals surface area contributed by atoms with Crippen LogP contribution in [0.4, 0.5) is 18.0 Å². The van der Waals surface area contributed by atoms with Gasteiger partial charge >= 0.3 is 12.2 Å². The standard InChI is InChI=1S/C13H19F3N4O2/c14-13(15,16)12(17-18-12)9-10-1-3-19(4-2-10)11(21)20-5-7-22-8-6-20/h10H,1-9H2. The second-order valence-electron chi connectivity index (χ2n) is 6.03. The maximum atomic E-state index is 12.8. The van der Waals surface area contributed by atoms with E-state index in [0.29, 0.717) is 52.2 Å². The van der Waals surface area contributed by atoms with Gasteiger partial charge in [-0.3, -0.25) is 0 Å².